The molecule has 5 aromatic rings. The molecule has 2 heterocycles. The molecule has 2 aliphatic heterocycles. The summed E-state index contributed by atoms with van der Waals surface area (Å²) in [5, 5.41) is 11.7. The highest BCUT2D eigenvalue weighted by atomic mass is 31.2. The van der Waals surface area contributed by atoms with Crippen LogP contribution in [0.15, 0.2) is 97.1 Å². The molecule has 9 heteroatoms. The average molecular weight is 552 g/mol. The fraction of sp³-hybridized carbons (Fsp3) is 0.0645. The van der Waals surface area contributed by atoms with Gasteiger partial charge in [0.25, 0.3) is 0 Å². The van der Waals surface area contributed by atoms with E-state index >= 15 is 0 Å². The number of aryl methyl sites for hydroxylation is 1. The second-order valence-corrected chi connectivity index (χ2v) is 10.9. The maximum atomic E-state index is 13.1. The van der Waals surface area contributed by atoms with E-state index in [1.165, 1.54) is 24.3 Å². The SMILES string of the molecule is Cc1cccc2c1C(=O)OC21c2ccc(O)cc2Oc2cc(OP(=O)(O)Oc3cccc4ccccc34)ccc21. The van der Waals surface area contributed by atoms with Crippen molar-refractivity contribution in [2.45, 2.75) is 12.5 Å². The summed E-state index contributed by atoms with van der Waals surface area (Å²) < 4.78 is 36.2. The Morgan fingerprint density at radius 2 is 1.52 bits per heavy atom. The molecule has 0 fully saturated rings. The van der Waals surface area contributed by atoms with Crippen molar-refractivity contribution in [1.29, 1.82) is 0 Å². The highest BCUT2D eigenvalue weighted by Crippen LogP contribution is 2.58. The normalized spacial score (nSPS) is 18.2. The molecule has 0 saturated heterocycles. The van der Waals surface area contributed by atoms with Crippen molar-refractivity contribution < 1.29 is 37.9 Å². The first-order chi connectivity index (χ1) is 19.2. The highest BCUT2D eigenvalue weighted by molar-refractivity contribution is 7.48. The zero-order chi connectivity index (χ0) is 27.6. The minimum Gasteiger partial charge on any atom is -0.508 e. The number of benzene rings is 5. The second kappa shape index (κ2) is 8.61. The highest BCUT2D eigenvalue weighted by Gasteiger charge is 2.54. The molecule has 2 N–H and O–H groups in total. The van der Waals surface area contributed by atoms with Crippen LogP contribution in [0.2, 0.25) is 0 Å². The third-order valence-electron chi connectivity index (χ3n) is 7.18. The molecule has 0 bridgehead atoms. The first kappa shape index (κ1) is 24.3. The van der Waals surface area contributed by atoms with Crippen LogP contribution < -0.4 is 13.8 Å². The molecule has 2 aliphatic rings. The van der Waals surface area contributed by atoms with Gasteiger partial charge in [0.2, 0.25) is 0 Å². The molecule has 0 radical (unpaired) electrons. The van der Waals surface area contributed by atoms with E-state index in [2.05, 4.69) is 0 Å². The van der Waals surface area contributed by atoms with Gasteiger partial charge in [-0.25, -0.2) is 9.36 Å². The van der Waals surface area contributed by atoms with Gasteiger partial charge in [-0.1, -0.05) is 54.6 Å². The monoisotopic (exact) mass is 552 g/mol. The van der Waals surface area contributed by atoms with Crippen LogP contribution >= 0.6 is 7.82 Å². The van der Waals surface area contributed by atoms with Gasteiger partial charge in [-0.2, -0.15) is 0 Å². The maximum Gasteiger partial charge on any atom is 0.584 e. The number of fused-ring (bicyclic) bond motifs is 7. The number of rotatable bonds is 4. The van der Waals surface area contributed by atoms with Crippen LogP contribution in [0.4, 0.5) is 0 Å². The quantitative estimate of drug-likeness (QED) is 0.181. The van der Waals surface area contributed by atoms with E-state index in [4.69, 9.17) is 18.5 Å². The fourth-order valence-corrected chi connectivity index (χ4v) is 6.34. The zero-order valence-electron chi connectivity index (χ0n) is 21.0. The molecule has 2 atom stereocenters. The molecule has 7 rings (SSSR count). The lowest BCUT2D eigenvalue weighted by atomic mass is 9.77. The Morgan fingerprint density at radius 3 is 2.38 bits per heavy atom. The van der Waals surface area contributed by atoms with Gasteiger partial charge in [-0.3, -0.25) is 4.89 Å². The van der Waals surface area contributed by atoms with Gasteiger partial charge in [-0.15, -0.1) is 0 Å². The molecule has 5 aromatic carbocycles. The van der Waals surface area contributed by atoms with Crippen molar-refractivity contribution in [3.8, 4) is 28.7 Å². The van der Waals surface area contributed by atoms with Crippen molar-refractivity contribution in [3.63, 3.8) is 0 Å². The first-order valence-corrected chi connectivity index (χ1v) is 13.9. The number of esters is 1. The van der Waals surface area contributed by atoms with E-state index in [-0.39, 0.29) is 28.7 Å². The van der Waals surface area contributed by atoms with Crippen LogP contribution in [-0.2, 0) is 14.9 Å². The van der Waals surface area contributed by atoms with E-state index in [1.807, 2.05) is 43.3 Å². The summed E-state index contributed by atoms with van der Waals surface area (Å²) in [7, 11) is -4.63. The summed E-state index contributed by atoms with van der Waals surface area (Å²) >= 11 is 0. The number of phosphoric ester groups is 1. The van der Waals surface area contributed by atoms with Crippen LogP contribution in [0, 0.1) is 6.92 Å². The van der Waals surface area contributed by atoms with Crippen LogP contribution in [-0.4, -0.2) is 16.0 Å². The van der Waals surface area contributed by atoms with Gasteiger partial charge in [0.1, 0.15) is 28.7 Å². The van der Waals surface area contributed by atoms with Crippen LogP contribution in [0.5, 0.6) is 28.7 Å². The zero-order valence-corrected chi connectivity index (χ0v) is 21.9. The van der Waals surface area contributed by atoms with E-state index in [0.29, 0.717) is 27.6 Å². The Labute approximate surface area is 228 Å². The minimum atomic E-state index is -4.63. The number of phenolic OH excluding ortho intramolecular Hbond substituents is 1. The van der Waals surface area contributed by atoms with Gasteiger partial charge in [0.15, 0.2) is 5.60 Å². The smallest absolute Gasteiger partial charge is 0.508 e. The predicted molar refractivity (Wildman–Crippen MR) is 146 cm³/mol. The van der Waals surface area contributed by atoms with Gasteiger partial charge < -0.3 is 23.6 Å². The third kappa shape index (κ3) is 3.65. The summed E-state index contributed by atoms with van der Waals surface area (Å²) in [6.45, 7) is 1.84. The van der Waals surface area contributed by atoms with E-state index in [9.17, 15) is 19.4 Å². The van der Waals surface area contributed by atoms with Crippen molar-refractivity contribution in [1.82, 2.24) is 0 Å². The summed E-state index contributed by atoms with van der Waals surface area (Å²) in [5.41, 5.74) is 1.54. The van der Waals surface area contributed by atoms with Crippen molar-refractivity contribution in [3.05, 3.63) is 125 Å². The van der Waals surface area contributed by atoms with E-state index in [0.717, 1.165) is 10.9 Å². The minimum absolute atomic E-state index is 0.00244. The standard InChI is InChI=1S/C31H21O8P/c1-18-6-4-10-25-29(18)30(33)37-31(25)23-14-12-20(32)16-27(23)36-28-17-21(13-15-24(28)31)38-40(34,35)39-26-11-5-8-19-7-2-3-9-22(19)26/h2-17,32H,1H3,(H,34,35). The number of hydrogen-bond donors (Lipinski definition) is 2. The number of phenols is 1. The molecule has 0 aromatic heterocycles. The summed E-state index contributed by atoms with van der Waals surface area (Å²) in [6, 6.07) is 27.1. The Balaban J connectivity index is 1.31. The molecular formula is C31H21O8P. The lowest BCUT2D eigenvalue weighted by molar-refractivity contribution is 0.0224. The molecule has 198 valence electrons. The Morgan fingerprint density at radius 1 is 0.800 bits per heavy atom. The Bertz CT molecular complexity index is 1910. The maximum absolute atomic E-state index is 13.1. The summed E-state index contributed by atoms with van der Waals surface area (Å²) in [4.78, 5) is 23.8. The topological polar surface area (TPSA) is 112 Å². The summed E-state index contributed by atoms with van der Waals surface area (Å²) in [5.74, 6) is 0.170. The number of ether oxygens (including phenoxy) is 2. The molecular weight excluding hydrogens is 531 g/mol. The number of carbonyl (C=O) groups excluding carboxylic acids is 1. The molecule has 0 saturated carbocycles. The molecule has 1 spiro atoms. The average Bonchev–Trinajstić information content (AvgIpc) is 3.22. The van der Waals surface area contributed by atoms with E-state index in [1.54, 1.807) is 36.4 Å². The lowest BCUT2D eigenvalue weighted by Gasteiger charge is -2.36. The number of carbonyl (C=O) groups is 1. The van der Waals surface area contributed by atoms with Gasteiger partial charge in [0.05, 0.1) is 5.56 Å². The number of aromatic hydroxyl groups is 1. The van der Waals surface area contributed by atoms with Crippen molar-refractivity contribution in [2.75, 3.05) is 0 Å². The molecule has 0 aliphatic carbocycles. The Hall–Kier alpha value is -4.78. The molecule has 2 unspecified atom stereocenters. The lowest BCUT2D eigenvalue weighted by Crippen LogP contribution is -2.32. The first-order valence-electron chi connectivity index (χ1n) is 12.4. The van der Waals surface area contributed by atoms with Crippen molar-refractivity contribution >= 4 is 24.6 Å². The van der Waals surface area contributed by atoms with Gasteiger partial charge >= 0.3 is 13.8 Å². The second-order valence-electron chi connectivity index (χ2n) is 9.64. The van der Waals surface area contributed by atoms with Gasteiger partial charge in [0, 0.05) is 34.2 Å². The van der Waals surface area contributed by atoms with Crippen LogP contribution in [0.25, 0.3) is 10.8 Å². The largest absolute Gasteiger partial charge is 0.584 e. The van der Waals surface area contributed by atoms with Crippen molar-refractivity contribution in [2.24, 2.45) is 0 Å². The van der Waals surface area contributed by atoms with Crippen LogP contribution in [0.3, 0.4) is 0 Å². The molecule has 40 heavy (non-hydrogen) atoms. The molecule has 8 nitrogen and oxygen atoms in total. The predicted octanol–water partition coefficient (Wildman–Crippen LogP) is 6.98. The molecule has 0 amide bonds. The fourth-order valence-electron chi connectivity index (χ4n) is 5.51. The third-order valence-corrected chi connectivity index (χ3v) is 8.05. The number of hydrogen-bond acceptors (Lipinski definition) is 7. The Kier molecular flexibility index (Phi) is 5.23. The summed E-state index contributed by atoms with van der Waals surface area (Å²) in [6.07, 6.45) is 0. The van der Waals surface area contributed by atoms with Crippen LogP contribution in [0.1, 0.15) is 32.6 Å². The van der Waals surface area contributed by atoms with Gasteiger partial charge in [-0.05, 0) is 48.2 Å². The van der Waals surface area contributed by atoms with E-state index < -0.39 is 19.4 Å². The number of phosphoric acid groups is 1.